The SMILES string of the molecule is CC.CC.CCCC.c1ccc(Oc2ccccc2)cc1. The van der Waals surface area contributed by atoms with E-state index >= 15 is 0 Å². The highest BCUT2D eigenvalue weighted by atomic mass is 16.5. The Labute approximate surface area is 132 Å². The van der Waals surface area contributed by atoms with Crippen LogP contribution in [-0.4, -0.2) is 0 Å². The summed E-state index contributed by atoms with van der Waals surface area (Å²) in [5.41, 5.74) is 0. The highest BCUT2D eigenvalue weighted by molar-refractivity contribution is 5.30. The first-order valence-electron chi connectivity index (χ1n) is 8.14. The van der Waals surface area contributed by atoms with Crippen molar-refractivity contribution in [1.82, 2.24) is 0 Å². The summed E-state index contributed by atoms with van der Waals surface area (Å²) in [5, 5.41) is 0. The lowest BCUT2D eigenvalue weighted by Crippen LogP contribution is -1.81. The summed E-state index contributed by atoms with van der Waals surface area (Å²) in [6.45, 7) is 12.4. The second-order valence-electron chi connectivity index (χ2n) is 3.73. The van der Waals surface area contributed by atoms with E-state index in [4.69, 9.17) is 4.74 Å². The van der Waals surface area contributed by atoms with Gasteiger partial charge in [0.2, 0.25) is 0 Å². The highest BCUT2D eigenvalue weighted by Crippen LogP contribution is 2.19. The van der Waals surface area contributed by atoms with Crippen molar-refractivity contribution in [3.8, 4) is 11.5 Å². The van der Waals surface area contributed by atoms with E-state index in [0.29, 0.717) is 0 Å². The van der Waals surface area contributed by atoms with Gasteiger partial charge in [-0.1, -0.05) is 90.8 Å². The lowest BCUT2D eigenvalue weighted by atomic mass is 10.3. The molecule has 0 heterocycles. The predicted molar refractivity (Wildman–Crippen MR) is 96.2 cm³/mol. The number of ether oxygens (including phenoxy) is 1. The lowest BCUT2D eigenvalue weighted by Gasteiger charge is -2.03. The quantitative estimate of drug-likeness (QED) is 0.574. The zero-order valence-corrected chi connectivity index (χ0v) is 14.6. The third-order valence-electron chi connectivity index (χ3n) is 2.22. The number of rotatable bonds is 3. The minimum absolute atomic E-state index is 0.869. The van der Waals surface area contributed by atoms with Gasteiger partial charge in [0.1, 0.15) is 11.5 Å². The van der Waals surface area contributed by atoms with Crippen molar-refractivity contribution >= 4 is 0 Å². The van der Waals surface area contributed by atoms with Gasteiger partial charge in [-0.15, -0.1) is 0 Å². The van der Waals surface area contributed by atoms with Crippen molar-refractivity contribution in [2.24, 2.45) is 0 Å². The highest BCUT2D eigenvalue weighted by Gasteiger charge is 1.92. The summed E-state index contributed by atoms with van der Waals surface area (Å²) in [6, 6.07) is 19.5. The Morgan fingerprint density at radius 3 is 1.10 bits per heavy atom. The van der Waals surface area contributed by atoms with Crippen molar-refractivity contribution in [3.63, 3.8) is 0 Å². The summed E-state index contributed by atoms with van der Waals surface area (Å²) in [7, 11) is 0. The average Bonchev–Trinajstić information content (AvgIpc) is 2.60. The first-order chi connectivity index (χ1) is 10.4. The summed E-state index contributed by atoms with van der Waals surface area (Å²) in [6.07, 6.45) is 2.64. The van der Waals surface area contributed by atoms with Crippen LogP contribution in [-0.2, 0) is 0 Å². The molecule has 0 atom stereocenters. The van der Waals surface area contributed by atoms with Gasteiger partial charge in [-0.2, -0.15) is 0 Å². The fourth-order valence-corrected chi connectivity index (χ4v) is 1.11. The molecule has 1 heteroatoms. The van der Waals surface area contributed by atoms with Gasteiger partial charge in [-0.05, 0) is 24.3 Å². The van der Waals surface area contributed by atoms with Crippen molar-refractivity contribution in [2.75, 3.05) is 0 Å². The number of hydrogen-bond donors (Lipinski definition) is 0. The molecule has 2 aromatic carbocycles. The molecule has 0 aliphatic rings. The Morgan fingerprint density at radius 2 is 0.857 bits per heavy atom. The Morgan fingerprint density at radius 1 is 0.571 bits per heavy atom. The van der Waals surface area contributed by atoms with Crippen molar-refractivity contribution in [3.05, 3.63) is 60.7 Å². The number of para-hydroxylation sites is 2. The fraction of sp³-hybridized carbons (Fsp3) is 0.400. The fourth-order valence-electron chi connectivity index (χ4n) is 1.11. The molecule has 0 fully saturated rings. The molecule has 0 bridgehead atoms. The molecule has 2 rings (SSSR count). The Hall–Kier alpha value is -1.76. The predicted octanol–water partition coefficient (Wildman–Crippen LogP) is 7.34. The summed E-state index contributed by atoms with van der Waals surface area (Å²) >= 11 is 0. The second kappa shape index (κ2) is 18.2. The van der Waals surface area contributed by atoms with Gasteiger partial charge in [0.15, 0.2) is 0 Å². The smallest absolute Gasteiger partial charge is 0.127 e. The van der Waals surface area contributed by atoms with E-state index in [1.54, 1.807) is 0 Å². The average molecular weight is 288 g/mol. The molecule has 1 nitrogen and oxygen atoms in total. The van der Waals surface area contributed by atoms with Gasteiger partial charge in [0.25, 0.3) is 0 Å². The van der Waals surface area contributed by atoms with Gasteiger partial charge in [0.05, 0.1) is 0 Å². The van der Waals surface area contributed by atoms with Gasteiger partial charge >= 0.3 is 0 Å². The molecular formula is C20H32O. The Balaban J connectivity index is 0. The maximum atomic E-state index is 5.58. The van der Waals surface area contributed by atoms with Crippen molar-refractivity contribution < 1.29 is 4.74 Å². The summed E-state index contributed by atoms with van der Waals surface area (Å²) < 4.78 is 5.58. The van der Waals surface area contributed by atoms with Crippen molar-refractivity contribution in [2.45, 2.75) is 54.4 Å². The van der Waals surface area contributed by atoms with Crippen LogP contribution in [0.2, 0.25) is 0 Å². The van der Waals surface area contributed by atoms with Gasteiger partial charge in [0, 0.05) is 0 Å². The zero-order valence-electron chi connectivity index (χ0n) is 14.6. The molecule has 118 valence electrons. The minimum Gasteiger partial charge on any atom is -0.457 e. The van der Waals surface area contributed by atoms with E-state index < -0.39 is 0 Å². The lowest BCUT2D eigenvalue weighted by molar-refractivity contribution is 0.482. The first-order valence-corrected chi connectivity index (χ1v) is 8.14. The third-order valence-corrected chi connectivity index (χ3v) is 2.22. The number of benzene rings is 2. The van der Waals surface area contributed by atoms with Crippen LogP contribution in [0.3, 0.4) is 0 Å². The molecule has 0 saturated heterocycles. The van der Waals surface area contributed by atoms with E-state index in [2.05, 4.69) is 13.8 Å². The van der Waals surface area contributed by atoms with Crippen LogP contribution in [0.15, 0.2) is 60.7 Å². The van der Waals surface area contributed by atoms with E-state index in [9.17, 15) is 0 Å². The number of unbranched alkanes of at least 4 members (excludes halogenated alkanes) is 1. The minimum atomic E-state index is 0.869. The van der Waals surface area contributed by atoms with Crippen LogP contribution in [0, 0.1) is 0 Å². The van der Waals surface area contributed by atoms with Gasteiger partial charge in [-0.3, -0.25) is 0 Å². The molecule has 0 aliphatic carbocycles. The standard InChI is InChI=1S/C12H10O.C4H10.2C2H6/c1-3-7-11(8-4-1)13-12-9-5-2-6-10-12;1-3-4-2;2*1-2/h1-10H;3-4H2,1-2H3;2*1-2H3. The Bertz CT molecular complexity index is 342. The van der Waals surface area contributed by atoms with E-state index in [-0.39, 0.29) is 0 Å². The van der Waals surface area contributed by atoms with Crippen LogP contribution in [0.4, 0.5) is 0 Å². The van der Waals surface area contributed by atoms with Crippen LogP contribution in [0.1, 0.15) is 54.4 Å². The third kappa shape index (κ3) is 13.0. The van der Waals surface area contributed by atoms with Crippen LogP contribution in [0.25, 0.3) is 0 Å². The van der Waals surface area contributed by atoms with Crippen LogP contribution >= 0.6 is 0 Å². The molecule has 0 amide bonds. The first kappa shape index (κ1) is 21.5. The molecule has 0 N–H and O–H groups in total. The maximum Gasteiger partial charge on any atom is 0.127 e. The largest absolute Gasteiger partial charge is 0.457 e. The van der Waals surface area contributed by atoms with E-state index in [0.717, 1.165) is 11.5 Å². The maximum absolute atomic E-state index is 5.58. The number of hydrogen-bond acceptors (Lipinski definition) is 1. The van der Waals surface area contributed by atoms with Gasteiger partial charge in [-0.25, -0.2) is 0 Å². The van der Waals surface area contributed by atoms with E-state index in [1.165, 1.54) is 12.8 Å². The van der Waals surface area contributed by atoms with Crippen molar-refractivity contribution in [1.29, 1.82) is 0 Å². The second-order valence-corrected chi connectivity index (χ2v) is 3.73. The van der Waals surface area contributed by atoms with E-state index in [1.807, 2.05) is 88.4 Å². The molecule has 0 aromatic heterocycles. The Kier molecular flexibility index (Phi) is 18.7. The molecular weight excluding hydrogens is 256 g/mol. The molecule has 0 unspecified atom stereocenters. The molecule has 0 aliphatic heterocycles. The van der Waals surface area contributed by atoms with Gasteiger partial charge < -0.3 is 4.74 Å². The molecule has 2 aromatic rings. The summed E-state index contributed by atoms with van der Waals surface area (Å²) in [5.74, 6) is 1.74. The molecule has 0 spiro atoms. The topological polar surface area (TPSA) is 9.23 Å². The molecule has 0 saturated carbocycles. The summed E-state index contributed by atoms with van der Waals surface area (Å²) in [4.78, 5) is 0. The molecule has 21 heavy (non-hydrogen) atoms. The monoisotopic (exact) mass is 288 g/mol. The van der Waals surface area contributed by atoms with Crippen LogP contribution in [0.5, 0.6) is 11.5 Å². The van der Waals surface area contributed by atoms with Crippen LogP contribution < -0.4 is 4.74 Å². The molecule has 0 radical (unpaired) electrons. The zero-order chi connectivity index (χ0) is 16.3. The normalized spacial score (nSPS) is 7.90.